The molecule has 4 heteroatoms. The summed E-state index contributed by atoms with van der Waals surface area (Å²) in [6.07, 6.45) is 5.17. The zero-order valence-corrected chi connectivity index (χ0v) is 17.1. The second kappa shape index (κ2) is 10.8. The first-order chi connectivity index (χ1) is 11.4. The fraction of sp³-hybridized carbons (Fsp3) is 0.600. The monoisotopic (exact) mass is 350 g/mol. The predicted molar refractivity (Wildman–Crippen MR) is 104 cm³/mol. The van der Waals surface area contributed by atoms with E-state index in [2.05, 4.69) is 59.8 Å². The molecule has 3 atom stereocenters. The van der Waals surface area contributed by atoms with Crippen molar-refractivity contribution in [3.05, 3.63) is 41.6 Å². The van der Waals surface area contributed by atoms with Crippen LogP contribution in [0.25, 0.3) is 6.08 Å². The van der Waals surface area contributed by atoms with Crippen molar-refractivity contribution < 1.29 is 13.3 Å². The normalized spacial score (nSPS) is 18.2. The predicted octanol–water partition coefficient (Wildman–Crippen LogP) is 5.62. The third-order valence-electron chi connectivity index (χ3n) is 4.10. The van der Waals surface area contributed by atoms with Gasteiger partial charge in [-0.15, -0.1) is 0 Å². The SMILES string of the molecule is CCC(C)O[Si](C=Cc1ccccc1)(OC(C)CC)OC(C)CC. The van der Waals surface area contributed by atoms with Crippen molar-refractivity contribution in [3.8, 4) is 0 Å². The van der Waals surface area contributed by atoms with Crippen molar-refractivity contribution in [2.45, 2.75) is 79.1 Å². The maximum absolute atomic E-state index is 6.36. The maximum Gasteiger partial charge on any atom is 0.530 e. The summed E-state index contributed by atoms with van der Waals surface area (Å²) in [5.74, 6) is 0. The molecule has 0 radical (unpaired) electrons. The molecule has 0 aliphatic rings. The first kappa shape index (κ1) is 21.1. The first-order valence-electron chi connectivity index (χ1n) is 9.22. The standard InChI is InChI=1S/C20H34O3Si/c1-7-17(4)21-24(22-18(5)8-2,23-19(6)9-3)16-15-20-13-11-10-12-14-20/h10-19H,7-9H2,1-6H3. The molecule has 0 heterocycles. The van der Waals surface area contributed by atoms with Crippen LogP contribution in [0, 0.1) is 0 Å². The number of hydrogen-bond donors (Lipinski definition) is 0. The average Bonchev–Trinajstić information content (AvgIpc) is 2.60. The van der Waals surface area contributed by atoms with E-state index in [4.69, 9.17) is 13.3 Å². The minimum atomic E-state index is -2.91. The van der Waals surface area contributed by atoms with Crippen LogP contribution in [0.1, 0.15) is 66.4 Å². The molecular weight excluding hydrogens is 316 g/mol. The molecule has 0 aliphatic heterocycles. The zero-order chi connectivity index (χ0) is 18.0. The van der Waals surface area contributed by atoms with Crippen molar-refractivity contribution in [1.82, 2.24) is 0 Å². The van der Waals surface area contributed by atoms with Gasteiger partial charge in [0.15, 0.2) is 0 Å². The quantitative estimate of drug-likeness (QED) is 0.485. The molecule has 3 unspecified atom stereocenters. The molecule has 0 bridgehead atoms. The third kappa shape index (κ3) is 7.30. The fourth-order valence-electron chi connectivity index (χ4n) is 2.05. The van der Waals surface area contributed by atoms with E-state index >= 15 is 0 Å². The Kier molecular flexibility index (Phi) is 9.52. The molecule has 1 aromatic rings. The highest BCUT2D eigenvalue weighted by Gasteiger charge is 2.42. The van der Waals surface area contributed by atoms with Crippen LogP contribution >= 0.6 is 0 Å². The van der Waals surface area contributed by atoms with Gasteiger partial charge in [0.25, 0.3) is 0 Å². The van der Waals surface area contributed by atoms with E-state index in [0.717, 1.165) is 24.8 Å². The topological polar surface area (TPSA) is 27.7 Å². The van der Waals surface area contributed by atoms with Gasteiger partial charge in [-0.05, 0) is 51.3 Å². The van der Waals surface area contributed by atoms with E-state index in [9.17, 15) is 0 Å². The summed E-state index contributed by atoms with van der Waals surface area (Å²) in [6, 6.07) is 10.2. The lowest BCUT2D eigenvalue weighted by Gasteiger charge is -2.34. The Bertz CT molecular complexity index is 444. The van der Waals surface area contributed by atoms with Crippen LogP contribution in [0.3, 0.4) is 0 Å². The van der Waals surface area contributed by atoms with Gasteiger partial charge in [0, 0.05) is 18.3 Å². The first-order valence-corrected chi connectivity index (χ1v) is 11.0. The van der Waals surface area contributed by atoms with E-state index in [0.29, 0.717) is 0 Å². The molecule has 0 aromatic heterocycles. The Morgan fingerprint density at radius 2 is 1.21 bits per heavy atom. The van der Waals surface area contributed by atoms with Gasteiger partial charge in [-0.25, -0.2) is 0 Å². The molecule has 0 aliphatic carbocycles. The highest BCUT2D eigenvalue weighted by Crippen LogP contribution is 2.23. The van der Waals surface area contributed by atoms with Crippen LogP contribution in [-0.2, 0) is 13.3 Å². The second-order valence-corrected chi connectivity index (χ2v) is 8.61. The van der Waals surface area contributed by atoms with E-state index in [-0.39, 0.29) is 18.3 Å². The largest absolute Gasteiger partial charge is 0.530 e. The summed E-state index contributed by atoms with van der Waals surface area (Å²) in [5.41, 5.74) is 3.18. The van der Waals surface area contributed by atoms with Crippen LogP contribution in [-0.4, -0.2) is 27.1 Å². The number of benzene rings is 1. The van der Waals surface area contributed by atoms with E-state index in [1.165, 1.54) is 0 Å². The van der Waals surface area contributed by atoms with Crippen molar-refractivity contribution in [1.29, 1.82) is 0 Å². The van der Waals surface area contributed by atoms with E-state index < -0.39 is 8.80 Å². The Hall–Kier alpha value is -0.943. The van der Waals surface area contributed by atoms with Gasteiger partial charge in [0.1, 0.15) is 0 Å². The maximum atomic E-state index is 6.36. The molecule has 24 heavy (non-hydrogen) atoms. The van der Waals surface area contributed by atoms with Gasteiger partial charge in [-0.3, -0.25) is 0 Å². The summed E-state index contributed by atoms with van der Waals surface area (Å²) in [6.45, 7) is 12.6. The van der Waals surface area contributed by atoms with Crippen molar-refractivity contribution in [2.24, 2.45) is 0 Å². The Morgan fingerprint density at radius 3 is 1.58 bits per heavy atom. The van der Waals surface area contributed by atoms with Crippen LogP contribution in [0.4, 0.5) is 0 Å². The molecule has 0 fully saturated rings. The van der Waals surface area contributed by atoms with Gasteiger partial charge in [0.05, 0.1) is 0 Å². The summed E-state index contributed by atoms with van der Waals surface area (Å²) < 4.78 is 19.1. The zero-order valence-electron chi connectivity index (χ0n) is 16.1. The van der Waals surface area contributed by atoms with Gasteiger partial charge in [0.2, 0.25) is 0 Å². The molecule has 0 N–H and O–H groups in total. The minimum Gasteiger partial charge on any atom is -0.368 e. The molecule has 0 saturated carbocycles. The Balaban J connectivity index is 3.13. The molecule has 0 saturated heterocycles. The minimum absolute atomic E-state index is 0.102. The number of rotatable bonds is 11. The molecule has 0 amide bonds. The van der Waals surface area contributed by atoms with Crippen LogP contribution in [0.15, 0.2) is 36.0 Å². The van der Waals surface area contributed by atoms with Crippen LogP contribution in [0.2, 0.25) is 0 Å². The molecule has 0 spiro atoms. The Morgan fingerprint density at radius 1 is 0.792 bits per heavy atom. The van der Waals surface area contributed by atoms with Crippen molar-refractivity contribution in [3.63, 3.8) is 0 Å². The van der Waals surface area contributed by atoms with E-state index in [1.807, 2.05) is 23.9 Å². The highest BCUT2D eigenvalue weighted by atomic mass is 28.4. The summed E-state index contributed by atoms with van der Waals surface area (Å²) >= 11 is 0. The second-order valence-electron chi connectivity index (χ2n) is 6.36. The lowest BCUT2D eigenvalue weighted by molar-refractivity contribution is -0.000415. The van der Waals surface area contributed by atoms with Gasteiger partial charge in [-0.2, -0.15) is 0 Å². The summed E-state index contributed by atoms with van der Waals surface area (Å²) in [7, 11) is -2.91. The van der Waals surface area contributed by atoms with Crippen LogP contribution in [0.5, 0.6) is 0 Å². The molecule has 3 nitrogen and oxygen atoms in total. The third-order valence-corrected chi connectivity index (χ3v) is 6.87. The lowest BCUT2D eigenvalue weighted by Crippen LogP contribution is -2.50. The van der Waals surface area contributed by atoms with Crippen LogP contribution < -0.4 is 0 Å². The highest BCUT2D eigenvalue weighted by molar-refractivity contribution is 6.67. The fourth-order valence-corrected chi connectivity index (χ4v) is 5.04. The Labute approximate surface area is 149 Å². The molecular formula is C20H34O3Si. The van der Waals surface area contributed by atoms with Crippen molar-refractivity contribution in [2.75, 3.05) is 0 Å². The van der Waals surface area contributed by atoms with Gasteiger partial charge >= 0.3 is 8.80 Å². The van der Waals surface area contributed by atoms with E-state index in [1.54, 1.807) is 0 Å². The molecule has 1 rings (SSSR count). The lowest BCUT2D eigenvalue weighted by atomic mass is 10.2. The van der Waals surface area contributed by atoms with Crippen molar-refractivity contribution >= 4 is 14.9 Å². The molecule has 1 aromatic carbocycles. The van der Waals surface area contributed by atoms with Gasteiger partial charge < -0.3 is 13.3 Å². The molecule has 136 valence electrons. The average molecular weight is 351 g/mol. The number of hydrogen-bond acceptors (Lipinski definition) is 3. The van der Waals surface area contributed by atoms with Gasteiger partial charge in [-0.1, -0.05) is 57.2 Å². The smallest absolute Gasteiger partial charge is 0.368 e. The summed E-state index contributed by atoms with van der Waals surface area (Å²) in [5, 5.41) is 0. The summed E-state index contributed by atoms with van der Waals surface area (Å²) in [4.78, 5) is 0.